The fourth-order valence-electron chi connectivity index (χ4n) is 4.89. The van der Waals surface area contributed by atoms with E-state index in [4.69, 9.17) is 0 Å². The molecule has 144 valence electrons. The first-order valence-electron chi connectivity index (χ1n) is 10.3. The summed E-state index contributed by atoms with van der Waals surface area (Å²) in [5.41, 5.74) is 5.11. The van der Waals surface area contributed by atoms with Crippen molar-refractivity contribution in [2.45, 2.75) is 31.5 Å². The molecule has 0 saturated heterocycles. The molecule has 2 heterocycles. The maximum Gasteiger partial charge on any atom is 0.0978 e. The number of hydrogen-bond donors (Lipinski definition) is 0. The van der Waals surface area contributed by atoms with Gasteiger partial charge in [-0.25, -0.2) is 0 Å². The summed E-state index contributed by atoms with van der Waals surface area (Å²) in [7, 11) is 0. The first kappa shape index (κ1) is 18.4. The molecular weight excluding hydrogens is 370 g/mol. The lowest BCUT2D eigenvalue weighted by atomic mass is 9.74. The summed E-state index contributed by atoms with van der Waals surface area (Å²) < 4.78 is 0. The van der Waals surface area contributed by atoms with Gasteiger partial charge in [-0.1, -0.05) is 91.0 Å². The summed E-state index contributed by atoms with van der Waals surface area (Å²) in [6.07, 6.45) is 1.10. The van der Waals surface area contributed by atoms with Crippen LogP contribution in [0.1, 0.15) is 34.1 Å². The lowest BCUT2D eigenvalue weighted by molar-refractivity contribution is 0.0882. The molecule has 29 heavy (non-hydrogen) atoms. The third-order valence-electron chi connectivity index (χ3n) is 6.20. The Kier molecular flexibility index (Phi) is 4.83. The topological polar surface area (TPSA) is 3.24 Å². The number of nitrogens with zero attached hydrogens (tertiary/aromatic N) is 1. The molecule has 2 heteroatoms. The highest BCUT2D eigenvalue weighted by molar-refractivity contribution is 7.10. The Balaban J connectivity index is 1.81. The monoisotopic (exact) mass is 395 g/mol. The van der Waals surface area contributed by atoms with Gasteiger partial charge in [0.15, 0.2) is 0 Å². The summed E-state index contributed by atoms with van der Waals surface area (Å²) in [4.78, 5) is 4.25. The molecule has 0 spiro atoms. The zero-order valence-corrected chi connectivity index (χ0v) is 17.5. The van der Waals surface area contributed by atoms with Crippen molar-refractivity contribution in [3.63, 3.8) is 0 Å². The quantitative estimate of drug-likeness (QED) is 0.357. The fraction of sp³-hybridized carbons (Fsp3) is 0.185. The molecule has 0 radical (unpaired) electrons. The lowest BCUT2D eigenvalue weighted by Gasteiger charge is -2.50. The van der Waals surface area contributed by atoms with Crippen LogP contribution in [0.2, 0.25) is 0 Å². The molecule has 3 aromatic carbocycles. The van der Waals surface area contributed by atoms with Crippen LogP contribution in [0.3, 0.4) is 0 Å². The largest absolute Gasteiger partial charge is 0.279 e. The van der Waals surface area contributed by atoms with Crippen LogP contribution in [0.15, 0.2) is 102 Å². The van der Waals surface area contributed by atoms with Gasteiger partial charge in [-0.2, -0.15) is 0 Å². The number of benzene rings is 3. The minimum atomic E-state index is -0.331. The van der Waals surface area contributed by atoms with E-state index in [-0.39, 0.29) is 5.54 Å². The van der Waals surface area contributed by atoms with Gasteiger partial charge in [-0.15, -0.1) is 11.3 Å². The van der Waals surface area contributed by atoms with E-state index < -0.39 is 0 Å². The highest BCUT2D eigenvalue weighted by atomic mass is 32.1. The van der Waals surface area contributed by atoms with Crippen molar-refractivity contribution in [2.75, 3.05) is 0 Å². The molecule has 1 atom stereocenters. The van der Waals surface area contributed by atoms with E-state index in [2.05, 4.69) is 114 Å². The molecular formula is C27H25NS. The van der Waals surface area contributed by atoms with E-state index in [9.17, 15) is 0 Å². The van der Waals surface area contributed by atoms with Gasteiger partial charge in [0.2, 0.25) is 0 Å². The first-order valence-corrected chi connectivity index (χ1v) is 11.2. The Labute approximate surface area is 177 Å². The van der Waals surface area contributed by atoms with E-state index in [0.717, 1.165) is 13.0 Å². The predicted molar refractivity (Wildman–Crippen MR) is 122 cm³/mol. The van der Waals surface area contributed by atoms with Gasteiger partial charge in [0.1, 0.15) is 0 Å². The molecule has 0 saturated carbocycles. The van der Waals surface area contributed by atoms with Crippen LogP contribution in [-0.2, 0) is 18.5 Å². The van der Waals surface area contributed by atoms with Gasteiger partial charge in [-0.05, 0) is 47.0 Å². The van der Waals surface area contributed by atoms with Crippen molar-refractivity contribution in [1.82, 2.24) is 4.90 Å². The smallest absolute Gasteiger partial charge is 0.0978 e. The molecule has 0 aliphatic carbocycles. The minimum absolute atomic E-state index is 0.331. The van der Waals surface area contributed by atoms with Crippen LogP contribution in [0, 0.1) is 0 Å². The molecule has 5 rings (SSSR count). The van der Waals surface area contributed by atoms with Crippen LogP contribution >= 0.6 is 11.3 Å². The second-order valence-corrected chi connectivity index (χ2v) is 8.86. The Hall–Kier alpha value is -2.68. The van der Waals surface area contributed by atoms with Crippen LogP contribution < -0.4 is 0 Å². The van der Waals surface area contributed by atoms with E-state index in [1.165, 1.54) is 27.1 Å². The van der Waals surface area contributed by atoms with E-state index >= 15 is 0 Å². The molecule has 0 bridgehead atoms. The standard InChI is InChI=1S/C27H25NS/c1-21-19-26-22(17-18-29-26)20-28(21)27(23-11-5-2-6-12-23,24-13-7-3-8-14-24)25-15-9-4-10-16-25/h2-18,21H,19-20H2,1H3. The molecule has 0 fully saturated rings. The van der Waals surface area contributed by atoms with Crippen molar-refractivity contribution in [3.05, 3.63) is 130 Å². The Morgan fingerprint density at radius 1 is 0.724 bits per heavy atom. The average molecular weight is 396 g/mol. The molecule has 1 aliphatic heterocycles. The zero-order valence-electron chi connectivity index (χ0n) is 16.7. The first-order chi connectivity index (χ1) is 14.3. The molecule has 0 amide bonds. The van der Waals surface area contributed by atoms with Crippen LogP contribution in [0.25, 0.3) is 0 Å². The summed E-state index contributed by atoms with van der Waals surface area (Å²) in [6.45, 7) is 3.34. The summed E-state index contributed by atoms with van der Waals surface area (Å²) in [6, 6.07) is 35.8. The van der Waals surface area contributed by atoms with Gasteiger partial charge >= 0.3 is 0 Å². The number of fused-ring (bicyclic) bond motifs is 1. The summed E-state index contributed by atoms with van der Waals surface area (Å²) >= 11 is 1.90. The average Bonchev–Trinajstić information content (AvgIpc) is 3.24. The lowest BCUT2D eigenvalue weighted by Crippen LogP contribution is -2.53. The second-order valence-electron chi connectivity index (χ2n) is 7.86. The number of thiophene rings is 1. The summed E-state index contributed by atoms with van der Waals surface area (Å²) in [5, 5.41) is 2.25. The molecule has 4 aromatic rings. The minimum Gasteiger partial charge on any atom is -0.279 e. The SMILES string of the molecule is CC1Cc2sccc2CN1C(c1ccccc1)(c1ccccc1)c1ccccc1. The van der Waals surface area contributed by atoms with Crippen molar-refractivity contribution in [1.29, 1.82) is 0 Å². The van der Waals surface area contributed by atoms with Gasteiger partial charge in [0.05, 0.1) is 5.54 Å². The Morgan fingerprint density at radius 2 is 1.21 bits per heavy atom. The molecule has 1 unspecified atom stereocenters. The van der Waals surface area contributed by atoms with E-state index in [0.29, 0.717) is 6.04 Å². The summed E-state index contributed by atoms with van der Waals surface area (Å²) in [5.74, 6) is 0. The van der Waals surface area contributed by atoms with Gasteiger partial charge in [-0.3, -0.25) is 4.90 Å². The van der Waals surface area contributed by atoms with E-state index in [1.54, 1.807) is 0 Å². The van der Waals surface area contributed by atoms with Crippen LogP contribution in [0.5, 0.6) is 0 Å². The van der Waals surface area contributed by atoms with Crippen LogP contribution in [-0.4, -0.2) is 10.9 Å². The highest BCUT2D eigenvalue weighted by Gasteiger charge is 2.45. The van der Waals surface area contributed by atoms with Crippen molar-refractivity contribution in [2.24, 2.45) is 0 Å². The third kappa shape index (κ3) is 3.04. The second kappa shape index (κ2) is 7.62. The van der Waals surface area contributed by atoms with E-state index in [1.807, 2.05) is 11.3 Å². The van der Waals surface area contributed by atoms with Crippen molar-refractivity contribution < 1.29 is 0 Å². The highest BCUT2D eigenvalue weighted by Crippen LogP contribution is 2.46. The molecule has 1 aromatic heterocycles. The van der Waals surface area contributed by atoms with Crippen molar-refractivity contribution in [3.8, 4) is 0 Å². The molecule has 0 N–H and O–H groups in total. The van der Waals surface area contributed by atoms with Gasteiger partial charge in [0.25, 0.3) is 0 Å². The Bertz CT molecular complexity index is 973. The van der Waals surface area contributed by atoms with Gasteiger partial charge < -0.3 is 0 Å². The Morgan fingerprint density at radius 3 is 1.69 bits per heavy atom. The maximum absolute atomic E-state index is 2.71. The van der Waals surface area contributed by atoms with Crippen LogP contribution in [0.4, 0.5) is 0 Å². The number of hydrogen-bond acceptors (Lipinski definition) is 2. The van der Waals surface area contributed by atoms with Gasteiger partial charge in [0, 0.05) is 17.5 Å². The number of rotatable bonds is 4. The fourth-order valence-corrected chi connectivity index (χ4v) is 5.91. The zero-order chi connectivity index (χ0) is 19.7. The predicted octanol–water partition coefficient (Wildman–Crippen LogP) is 6.49. The normalized spacial score (nSPS) is 17.1. The third-order valence-corrected chi connectivity index (χ3v) is 7.18. The van der Waals surface area contributed by atoms with Crippen molar-refractivity contribution >= 4 is 11.3 Å². The molecule has 1 aliphatic rings. The maximum atomic E-state index is 2.71. The molecule has 1 nitrogen and oxygen atoms in total.